The Kier molecular flexibility index (Phi) is 5.13. The molecule has 0 bridgehead atoms. The van der Waals surface area contributed by atoms with E-state index in [-0.39, 0.29) is 12.0 Å². The molecule has 1 aromatic rings. The number of hydrogen-bond donors (Lipinski definition) is 1. The first-order chi connectivity index (χ1) is 10.8. The second-order valence-corrected chi connectivity index (χ2v) is 6.70. The maximum absolute atomic E-state index is 12.6. The molecule has 2 amide bonds. The van der Waals surface area contributed by atoms with Crippen molar-refractivity contribution >= 4 is 17.7 Å². The number of rotatable bonds is 1. The molecule has 2 rings (SSSR count). The van der Waals surface area contributed by atoms with Crippen LogP contribution in [0.2, 0.25) is 0 Å². The van der Waals surface area contributed by atoms with Crippen LogP contribution >= 0.6 is 0 Å². The average Bonchev–Trinajstić information content (AvgIpc) is 2.71. The largest absolute Gasteiger partial charge is 0.444 e. The summed E-state index contributed by atoms with van der Waals surface area (Å²) >= 11 is 0. The smallest absolute Gasteiger partial charge is 0.410 e. The quantitative estimate of drug-likeness (QED) is 0.806. The van der Waals surface area contributed by atoms with Gasteiger partial charge in [-0.05, 0) is 39.3 Å². The number of carbonyl (C=O) groups excluding carboxylic acids is 2. The van der Waals surface area contributed by atoms with Gasteiger partial charge in [0.05, 0.1) is 5.56 Å². The predicted octanol–water partition coefficient (Wildman–Crippen LogP) is 2.35. The molecule has 23 heavy (non-hydrogen) atoms. The molecule has 126 valence electrons. The number of hydrogen-bond acceptors (Lipinski definition) is 4. The van der Waals surface area contributed by atoms with Gasteiger partial charge in [0.1, 0.15) is 5.60 Å². The number of ether oxygens (including phenoxy) is 1. The fraction of sp³-hybridized carbons (Fsp3) is 0.529. The Morgan fingerprint density at radius 2 is 1.65 bits per heavy atom. The highest BCUT2D eigenvalue weighted by Crippen LogP contribution is 2.16. The van der Waals surface area contributed by atoms with Crippen molar-refractivity contribution in [2.45, 2.75) is 32.8 Å². The van der Waals surface area contributed by atoms with Crippen LogP contribution in [-0.4, -0.2) is 53.6 Å². The lowest BCUT2D eigenvalue weighted by Gasteiger charge is -2.26. The lowest BCUT2D eigenvalue weighted by Crippen LogP contribution is -2.40. The normalized spacial score (nSPS) is 16.0. The molecule has 6 nitrogen and oxygen atoms in total. The zero-order valence-electron chi connectivity index (χ0n) is 14.0. The molecule has 0 aliphatic carbocycles. The number of nitrogen functional groups attached to an aromatic ring is 1. The molecule has 0 radical (unpaired) electrons. The minimum Gasteiger partial charge on any atom is -0.444 e. The van der Waals surface area contributed by atoms with Gasteiger partial charge >= 0.3 is 6.09 Å². The van der Waals surface area contributed by atoms with Crippen LogP contribution in [0.15, 0.2) is 24.3 Å². The first-order valence-corrected chi connectivity index (χ1v) is 7.89. The lowest BCUT2D eigenvalue weighted by molar-refractivity contribution is 0.0255. The molecule has 1 aliphatic heterocycles. The molecular weight excluding hydrogens is 294 g/mol. The van der Waals surface area contributed by atoms with Crippen molar-refractivity contribution in [3.63, 3.8) is 0 Å². The monoisotopic (exact) mass is 319 g/mol. The number of nitrogens with two attached hydrogens (primary N) is 1. The maximum Gasteiger partial charge on any atom is 0.410 e. The number of carbonyl (C=O) groups is 2. The number of anilines is 1. The molecule has 0 saturated carbocycles. The molecule has 1 heterocycles. The standard InChI is InChI=1S/C17H25N3O3/c1-17(2,3)23-16(22)20-10-6-9-19(11-12-20)15(21)13-7-4-5-8-14(13)18/h4-5,7-8H,6,9-12,18H2,1-3H3. The number of benzene rings is 1. The lowest BCUT2D eigenvalue weighted by atomic mass is 10.1. The van der Waals surface area contributed by atoms with Crippen LogP contribution in [0.25, 0.3) is 0 Å². The topological polar surface area (TPSA) is 75.9 Å². The van der Waals surface area contributed by atoms with Gasteiger partial charge in [-0.3, -0.25) is 4.79 Å². The van der Waals surface area contributed by atoms with Crippen LogP contribution in [-0.2, 0) is 4.74 Å². The summed E-state index contributed by atoms with van der Waals surface area (Å²) in [5.74, 6) is -0.0888. The van der Waals surface area contributed by atoms with Gasteiger partial charge in [0.15, 0.2) is 0 Å². The van der Waals surface area contributed by atoms with Crippen LogP contribution < -0.4 is 5.73 Å². The van der Waals surface area contributed by atoms with E-state index in [1.807, 2.05) is 20.8 Å². The minimum absolute atomic E-state index is 0.0888. The van der Waals surface area contributed by atoms with Crippen LogP contribution in [0.3, 0.4) is 0 Å². The molecule has 0 unspecified atom stereocenters. The molecule has 0 spiro atoms. The van der Waals surface area contributed by atoms with Gasteiger partial charge in [-0.1, -0.05) is 12.1 Å². The maximum atomic E-state index is 12.6. The highest BCUT2D eigenvalue weighted by Gasteiger charge is 2.26. The van der Waals surface area contributed by atoms with Crippen LogP contribution in [0.1, 0.15) is 37.6 Å². The minimum atomic E-state index is -0.516. The van der Waals surface area contributed by atoms with E-state index in [2.05, 4.69) is 0 Å². The number of para-hydroxylation sites is 1. The van der Waals surface area contributed by atoms with Gasteiger partial charge in [0.25, 0.3) is 5.91 Å². The third kappa shape index (κ3) is 4.61. The first kappa shape index (κ1) is 17.1. The van der Waals surface area contributed by atoms with Crippen molar-refractivity contribution in [3.05, 3.63) is 29.8 Å². The summed E-state index contributed by atoms with van der Waals surface area (Å²) in [4.78, 5) is 28.1. The Morgan fingerprint density at radius 3 is 2.30 bits per heavy atom. The first-order valence-electron chi connectivity index (χ1n) is 7.89. The summed E-state index contributed by atoms with van der Waals surface area (Å²) in [5.41, 5.74) is 6.35. The van der Waals surface area contributed by atoms with Gasteiger partial charge in [-0.25, -0.2) is 4.79 Å². The van der Waals surface area contributed by atoms with E-state index in [9.17, 15) is 9.59 Å². The summed E-state index contributed by atoms with van der Waals surface area (Å²) in [7, 11) is 0. The number of nitrogens with zero attached hydrogens (tertiary/aromatic N) is 2. The van der Waals surface area contributed by atoms with Gasteiger partial charge in [0, 0.05) is 31.9 Å². The Morgan fingerprint density at radius 1 is 1.04 bits per heavy atom. The summed E-state index contributed by atoms with van der Waals surface area (Å²) in [6.45, 7) is 7.67. The van der Waals surface area contributed by atoms with Crippen molar-refractivity contribution in [1.29, 1.82) is 0 Å². The van der Waals surface area contributed by atoms with Gasteiger partial charge in [-0.2, -0.15) is 0 Å². The van der Waals surface area contributed by atoms with Crippen LogP contribution in [0, 0.1) is 0 Å². The molecule has 0 atom stereocenters. The SMILES string of the molecule is CC(C)(C)OC(=O)N1CCCN(C(=O)c2ccccc2N)CC1. The molecule has 6 heteroatoms. The Hall–Kier alpha value is -2.24. The van der Waals surface area contributed by atoms with E-state index < -0.39 is 5.60 Å². The molecular formula is C17H25N3O3. The zero-order chi connectivity index (χ0) is 17.0. The van der Waals surface area contributed by atoms with E-state index in [1.54, 1.807) is 34.1 Å². The number of amides is 2. The fourth-order valence-corrected chi connectivity index (χ4v) is 2.49. The Bertz CT molecular complexity index is 581. The predicted molar refractivity (Wildman–Crippen MR) is 89.2 cm³/mol. The molecule has 1 fully saturated rings. The third-order valence-electron chi connectivity index (χ3n) is 3.63. The molecule has 1 aromatic carbocycles. The van der Waals surface area contributed by atoms with E-state index in [0.717, 1.165) is 6.42 Å². The summed E-state index contributed by atoms with van der Waals surface area (Å²) in [5, 5.41) is 0. The van der Waals surface area contributed by atoms with E-state index in [0.29, 0.717) is 37.4 Å². The average molecular weight is 319 g/mol. The molecule has 0 aromatic heterocycles. The van der Waals surface area contributed by atoms with Crippen molar-refractivity contribution in [2.24, 2.45) is 0 Å². The van der Waals surface area contributed by atoms with E-state index >= 15 is 0 Å². The molecule has 1 aliphatic rings. The second-order valence-electron chi connectivity index (χ2n) is 6.70. The third-order valence-corrected chi connectivity index (χ3v) is 3.63. The summed E-state index contributed by atoms with van der Waals surface area (Å²) < 4.78 is 5.40. The fourth-order valence-electron chi connectivity index (χ4n) is 2.49. The van der Waals surface area contributed by atoms with Gasteiger partial charge in [0.2, 0.25) is 0 Å². The zero-order valence-corrected chi connectivity index (χ0v) is 14.0. The summed E-state index contributed by atoms with van der Waals surface area (Å²) in [6.07, 6.45) is 0.392. The van der Waals surface area contributed by atoms with Crippen LogP contribution in [0.5, 0.6) is 0 Å². The van der Waals surface area contributed by atoms with E-state index in [1.165, 1.54) is 0 Å². The highest BCUT2D eigenvalue weighted by atomic mass is 16.6. The summed E-state index contributed by atoms with van der Waals surface area (Å²) in [6, 6.07) is 7.06. The van der Waals surface area contributed by atoms with Crippen LogP contribution in [0.4, 0.5) is 10.5 Å². The van der Waals surface area contributed by atoms with Crippen molar-refractivity contribution < 1.29 is 14.3 Å². The Labute approximate surface area is 137 Å². The van der Waals surface area contributed by atoms with Crippen molar-refractivity contribution in [2.75, 3.05) is 31.9 Å². The highest BCUT2D eigenvalue weighted by molar-refractivity contribution is 5.99. The van der Waals surface area contributed by atoms with E-state index in [4.69, 9.17) is 10.5 Å². The second kappa shape index (κ2) is 6.89. The van der Waals surface area contributed by atoms with Gasteiger partial charge in [-0.15, -0.1) is 0 Å². The van der Waals surface area contributed by atoms with Crippen molar-refractivity contribution in [3.8, 4) is 0 Å². The van der Waals surface area contributed by atoms with Gasteiger partial charge < -0.3 is 20.3 Å². The van der Waals surface area contributed by atoms with Crippen molar-refractivity contribution in [1.82, 2.24) is 9.80 Å². The molecule has 2 N–H and O–H groups in total. The molecule has 1 saturated heterocycles. The Balaban J connectivity index is 2.00.